The number of fused-ring (bicyclic) bond motifs is 2. The van der Waals surface area contributed by atoms with E-state index in [2.05, 4.69) is 10.2 Å². The Morgan fingerprint density at radius 2 is 1.87 bits per heavy atom. The molecule has 0 amide bonds. The van der Waals surface area contributed by atoms with E-state index >= 15 is 0 Å². The van der Waals surface area contributed by atoms with Gasteiger partial charge in [-0.2, -0.15) is 5.10 Å². The lowest BCUT2D eigenvalue weighted by Gasteiger charge is -2.23. The fraction of sp³-hybridized carbons (Fsp3) is 0.182. The zero-order chi connectivity index (χ0) is 22.1. The van der Waals surface area contributed by atoms with Gasteiger partial charge < -0.3 is 19.1 Å². The first-order chi connectivity index (χ1) is 14.9. The van der Waals surface area contributed by atoms with Crippen molar-refractivity contribution in [3.05, 3.63) is 70.3 Å². The fourth-order valence-corrected chi connectivity index (χ4v) is 3.80. The number of pyridine rings is 1. The second-order valence-corrected chi connectivity index (χ2v) is 6.94. The Morgan fingerprint density at radius 3 is 2.55 bits per heavy atom. The molecule has 1 atom stereocenters. The number of nitrogens with one attached hydrogen (secondary N) is 1. The van der Waals surface area contributed by atoms with Gasteiger partial charge >= 0.3 is 11.9 Å². The van der Waals surface area contributed by atoms with E-state index in [1.807, 2.05) is 24.3 Å². The van der Waals surface area contributed by atoms with Crippen LogP contribution in [0.4, 0.5) is 0 Å². The molecular weight excluding hydrogens is 402 g/mol. The topological polar surface area (TPSA) is 124 Å². The van der Waals surface area contributed by atoms with Crippen LogP contribution >= 0.6 is 0 Å². The first kappa shape index (κ1) is 20.1. The lowest BCUT2D eigenvalue weighted by Crippen LogP contribution is -2.19. The maximum Gasteiger partial charge on any atom is 0.341 e. The molecule has 2 aromatic carbocycles. The summed E-state index contributed by atoms with van der Waals surface area (Å²) in [6, 6.07) is 10.3. The normalized spacial score (nSPS) is 12.1. The van der Waals surface area contributed by atoms with Gasteiger partial charge in [0.15, 0.2) is 0 Å². The van der Waals surface area contributed by atoms with Gasteiger partial charge in [0.25, 0.3) is 5.56 Å². The molecule has 0 aromatic heterocycles. The summed E-state index contributed by atoms with van der Waals surface area (Å²) in [7, 11) is 2.79. The number of rotatable bonds is 6. The van der Waals surface area contributed by atoms with Gasteiger partial charge in [0.1, 0.15) is 17.0 Å². The SMILES string of the molecule is COC(=O)c1cn([C@H](CC(=O)O)c2ccc(OC)c3ccccc23)cc2c(=O)[nH]nc1-2. The quantitative estimate of drug-likeness (QED) is 0.459. The minimum absolute atomic E-state index is 0.0616. The second-order valence-electron chi connectivity index (χ2n) is 6.94. The Balaban J connectivity index is 2.00. The predicted octanol–water partition coefficient (Wildman–Crippen LogP) is 2.69. The predicted molar refractivity (Wildman–Crippen MR) is 112 cm³/mol. The molecule has 9 nitrogen and oxygen atoms in total. The lowest BCUT2D eigenvalue weighted by atomic mass is 9.95. The molecular formula is C22H19N3O6. The standard InChI is InChI=1S/C22H19N3O6/c1-30-18-8-7-13(12-5-3-4-6-14(12)18)17(9-19(26)27)25-10-15-20(23-24-21(15)28)16(11-25)22(29)31-2/h3-8,10-11,17H,9H2,1-2H3,(H,24,28)(H,26,27)/t17-/m1/s1. The van der Waals surface area contributed by atoms with Crippen molar-refractivity contribution >= 4 is 22.7 Å². The maximum atomic E-state index is 12.3. The molecule has 2 aromatic rings. The number of aromatic amines is 1. The van der Waals surface area contributed by atoms with Crippen LogP contribution in [0.15, 0.2) is 53.6 Å². The number of carboxylic acids is 1. The van der Waals surface area contributed by atoms with Crippen molar-refractivity contribution in [2.75, 3.05) is 14.2 Å². The minimum atomic E-state index is -1.04. The molecule has 0 radical (unpaired) electrons. The van der Waals surface area contributed by atoms with Gasteiger partial charge in [0, 0.05) is 17.8 Å². The molecule has 2 aliphatic rings. The van der Waals surface area contributed by atoms with E-state index in [1.165, 1.54) is 19.5 Å². The molecule has 4 rings (SSSR count). The Morgan fingerprint density at radius 1 is 1.13 bits per heavy atom. The third-order valence-electron chi connectivity index (χ3n) is 5.21. The van der Waals surface area contributed by atoms with Gasteiger partial charge in [-0.05, 0) is 17.0 Å². The monoisotopic (exact) mass is 421 g/mol. The Labute approximate surface area is 176 Å². The molecule has 0 spiro atoms. The average molecular weight is 421 g/mol. The van der Waals surface area contributed by atoms with Gasteiger partial charge in [0.05, 0.1) is 32.2 Å². The van der Waals surface area contributed by atoms with Crippen LogP contribution in [0.2, 0.25) is 0 Å². The number of aliphatic carboxylic acids is 1. The summed E-state index contributed by atoms with van der Waals surface area (Å²) >= 11 is 0. The molecule has 0 saturated heterocycles. The van der Waals surface area contributed by atoms with Crippen molar-refractivity contribution in [2.24, 2.45) is 0 Å². The van der Waals surface area contributed by atoms with Crippen molar-refractivity contribution in [3.63, 3.8) is 0 Å². The van der Waals surface area contributed by atoms with Crippen LogP contribution < -0.4 is 10.3 Å². The first-order valence-corrected chi connectivity index (χ1v) is 9.40. The Kier molecular flexibility index (Phi) is 5.16. The summed E-state index contributed by atoms with van der Waals surface area (Å²) in [6.45, 7) is 0. The first-order valence-electron chi connectivity index (χ1n) is 9.40. The van der Waals surface area contributed by atoms with E-state index in [9.17, 15) is 19.5 Å². The minimum Gasteiger partial charge on any atom is -0.496 e. The molecule has 9 heteroatoms. The number of esters is 1. The zero-order valence-corrected chi connectivity index (χ0v) is 16.8. The van der Waals surface area contributed by atoms with Gasteiger partial charge in [-0.3, -0.25) is 9.59 Å². The summed E-state index contributed by atoms with van der Waals surface area (Å²) in [6.07, 6.45) is 2.68. The Bertz CT molecular complexity index is 1320. The summed E-state index contributed by atoms with van der Waals surface area (Å²) in [5.41, 5.74) is 0.613. The Hall–Kier alpha value is -4.14. The number of carboxylic acid groups (broad SMARTS) is 1. The number of aromatic nitrogens is 3. The highest BCUT2D eigenvalue weighted by Crippen LogP contribution is 2.35. The van der Waals surface area contributed by atoms with Crippen LogP contribution in [0.25, 0.3) is 22.0 Å². The van der Waals surface area contributed by atoms with E-state index in [0.29, 0.717) is 11.3 Å². The molecule has 0 aliphatic carbocycles. The van der Waals surface area contributed by atoms with Gasteiger partial charge in [-0.1, -0.05) is 30.3 Å². The van der Waals surface area contributed by atoms with Crippen molar-refractivity contribution in [3.8, 4) is 17.0 Å². The van der Waals surface area contributed by atoms with Crippen LogP contribution in [-0.4, -0.2) is 46.0 Å². The van der Waals surface area contributed by atoms with E-state index in [0.717, 1.165) is 10.8 Å². The van der Waals surface area contributed by atoms with Crippen molar-refractivity contribution < 1.29 is 24.2 Å². The number of methoxy groups -OCH3 is 2. The number of ether oxygens (including phenoxy) is 2. The van der Waals surface area contributed by atoms with Gasteiger partial charge in [0.2, 0.25) is 0 Å². The van der Waals surface area contributed by atoms with Crippen LogP contribution in [0.3, 0.4) is 0 Å². The fourth-order valence-electron chi connectivity index (χ4n) is 3.80. The molecule has 2 aliphatic heterocycles. The summed E-state index contributed by atoms with van der Waals surface area (Å²) in [5.74, 6) is -1.06. The molecule has 2 N–H and O–H groups in total. The smallest absolute Gasteiger partial charge is 0.341 e. The van der Waals surface area contributed by atoms with Crippen molar-refractivity contribution in [1.29, 1.82) is 0 Å². The van der Waals surface area contributed by atoms with Crippen molar-refractivity contribution in [2.45, 2.75) is 12.5 Å². The number of carbonyl (C=O) groups excluding carboxylic acids is 1. The molecule has 31 heavy (non-hydrogen) atoms. The van der Waals surface area contributed by atoms with E-state index in [1.54, 1.807) is 23.8 Å². The number of carbonyl (C=O) groups is 2. The number of benzene rings is 2. The third-order valence-corrected chi connectivity index (χ3v) is 5.21. The van der Waals surface area contributed by atoms with Crippen LogP contribution in [0.1, 0.15) is 28.4 Å². The molecule has 0 saturated carbocycles. The summed E-state index contributed by atoms with van der Waals surface area (Å²) in [5, 5.41) is 17.5. The molecule has 0 fully saturated rings. The second kappa shape index (κ2) is 7.94. The highest BCUT2D eigenvalue weighted by Gasteiger charge is 2.26. The van der Waals surface area contributed by atoms with Gasteiger partial charge in [-0.25, -0.2) is 9.89 Å². The summed E-state index contributed by atoms with van der Waals surface area (Å²) < 4.78 is 11.8. The average Bonchev–Trinajstić information content (AvgIpc) is 3.16. The van der Waals surface area contributed by atoms with Crippen LogP contribution in [0, 0.1) is 0 Å². The molecule has 0 unspecified atom stereocenters. The van der Waals surface area contributed by atoms with E-state index in [4.69, 9.17) is 9.47 Å². The van der Waals surface area contributed by atoms with Crippen LogP contribution in [-0.2, 0) is 9.53 Å². The number of H-pyrrole nitrogens is 1. The van der Waals surface area contributed by atoms with Crippen molar-refractivity contribution in [1.82, 2.24) is 14.8 Å². The number of nitrogens with zero attached hydrogens (tertiary/aromatic N) is 2. The van der Waals surface area contributed by atoms with E-state index < -0.39 is 23.5 Å². The number of hydrogen-bond acceptors (Lipinski definition) is 6. The number of hydrogen-bond donors (Lipinski definition) is 2. The molecule has 2 heterocycles. The van der Waals surface area contributed by atoms with E-state index in [-0.39, 0.29) is 23.2 Å². The summed E-state index contributed by atoms with van der Waals surface area (Å²) in [4.78, 5) is 36.4. The largest absolute Gasteiger partial charge is 0.496 e. The molecule has 0 bridgehead atoms. The highest BCUT2D eigenvalue weighted by atomic mass is 16.5. The third kappa shape index (κ3) is 3.50. The lowest BCUT2D eigenvalue weighted by molar-refractivity contribution is -0.137. The zero-order valence-electron chi connectivity index (χ0n) is 16.8. The molecule has 158 valence electrons. The van der Waals surface area contributed by atoms with Crippen LogP contribution in [0.5, 0.6) is 5.75 Å². The maximum absolute atomic E-state index is 12.3. The highest BCUT2D eigenvalue weighted by molar-refractivity contribution is 5.96. The van der Waals surface area contributed by atoms with Gasteiger partial charge in [-0.15, -0.1) is 0 Å².